The summed E-state index contributed by atoms with van der Waals surface area (Å²) in [5.41, 5.74) is 12.3. The summed E-state index contributed by atoms with van der Waals surface area (Å²) in [7, 11) is 0. The molecule has 0 aliphatic heterocycles. The van der Waals surface area contributed by atoms with Crippen molar-refractivity contribution in [3.05, 3.63) is 212 Å². The zero-order chi connectivity index (χ0) is 40.7. The number of rotatable bonds is 6. The van der Waals surface area contributed by atoms with Crippen molar-refractivity contribution in [2.45, 2.75) is 0 Å². The maximum absolute atomic E-state index is 6.55. The molecule has 0 saturated carbocycles. The van der Waals surface area contributed by atoms with E-state index in [4.69, 9.17) is 4.42 Å². The highest BCUT2D eigenvalue weighted by Gasteiger charge is 2.18. The second kappa shape index (κ2) is 14.0. The van der Waals surface area contributed by atoms with Crippen molar-refractivity contribution in [2.24, 2.45) is 0 Å². The van der Waals surface area contributed by atoms with Crippen LogP contribution >= 0.6 is 22.7 Å². The first-order valence-electron chi connectivity index (χ1n) is 21.0. The van der Waals surface area contributed by atoms with Crippen molar-refractivity contribution in [3.8, 4) is 33.4 Å². The average Bonchev–Trinajstić information content (AvgIpc) is 4.03. The molecular formula is C58H35NOS2. The maximum atomic E-state index is 6.55. The first kappa shape index (κ1) is 35.3. The fourth-order valence-electron chi connectivity index (χ4n) is 9.45. The molecule has 0 atom stereocenters. The first-order chi connectivity index (χ1) is 30.7. The SMILES string of the molecule is c1ccc2c(c1)ccc1c2oc2cccc(-c3ccc(N(c4ccc(-c5ccc6c(c5)sc5ccccc56)cc4)c4ccc(-c5ccc6c(c5)sc5ccccc56)cc4)cc3)c21. The molecule has 0 bridgehead atoms. The molecule has 0 aliphatic rings. The van der Waals surface area contributed by atoms with Crippen LogP contribution in [0.3, 0.4) is 0 Å². The second-order valence-corrected chi connectivity index (χ2v) is 18.2. The summed E-state index contributed by atoms with van der Waals surface area (Å²) in [5.74, 6) is 0. The predicted molar refractivity (Wildman–Crippen MR) is 268 cm³/mol. The van der Waals surface area contributed by atoms with Gasteiger partial charge in [-0.2, -0.15) is 0 Å². The molecule has 0 unspecified atom stereocenters. The van der Waals surface area contributed by atoms with Gasteiger partial charge in [0.2, 0.25) is 0 Å². The molecule has 290 valence electrons. The smallest absolute Gasteiger partial charge is 0.143 e. The Labute approximate surface area is 365 Å². The zero-order valence-electron chi connectivity index (χ0n) is 33.4. The number of thiophene rings is 2. The molecule has 13 aromatic rings. The normalized spacial score (nSPS) is 11.9. The molecule has 0 fully saturated rings. The van der Waals surface area contributed by atoms with Gasteiger partial charge >= 0.3 is 0 Å². The molecule has 2 nitrogen and oxygen atoms in total. The molecule has 0 aliphatic carbocycles. The Morgan fingerprint density at radius 3 is 1.37 bits per heavy atom. The molecule has 0 radical (unpaired) electrons. The third kappa shape index (κ3) is 5.69. The van der Waals surface area contributed by atoms with Gasteiger partial charge in [-0.05, 0) is 112 Å². The summed E-state index contributed by atoms with van der Waals surface area (Å²) in [5, 5.41) is 9.89. The average molecular weight is 826 g/mol. The Hall–Kier alpha value is -7.50. The van der Waals surface area contributed by atoms with Crippen LogP contribution in [0.5, 0.6) is 0 Å². The standard InChI is InChI=1S/C58H35NOS2/c1-2-9-46-38(8-1)22-33-51-57-45(12-7-13-52(57)60-58(46)51)39-20-29-44(30-21-39)59(42-25-16-36(17-26-42)40-23-31-49-47-10-3-5-14-53(47)61-55(49)34-40)43-27-18-37(19-28-43)41-24-32-50-48-11-4-6-15-54(48)62-56(50)35-41/h1-35H. The van der Waals surface area contributed by atoms with E-state index in [2.05, 4.69) is 217 Å². The molecule has 0 saturated heterocycles. The monoisotopic (exact) mass is 825 g/mol. The lowest BCUT2D eigenvalue weighted by Crippen LogP contribution is -2.09. The van der Waals surface area contributed by atoms with E-state index in [0.717, 1.165) is 55.5 Å². The molecule has 10 aromatic carbocycles. The third-order valence-corrected chi connectivity index (χ3v) is 14.8. The summed E-state index contributed by atoms with van der Waals surface area (Å²) < 4.78 is 11.8. The molecule has 3 aromatic heterocycles. The van der Waals surface area contributed by atoms with Gasteiger partial charge in [-0.3, -0.25) is 0 Å². The van der Waals surface area contributed by atoms with Gasteiger partial charge < -0.3 is 9.32 Å². The number of benzene rings is 10. The van der Waals surface area contributed by atoms with Crippen molar-refractivity contribution in [1.29, 1.82) is 0 Å². The Morgan fingerprint density at radius 1 is 0.323 bits per heavy atom. The minimum atomic E-state index is 0.901. The topological polar surface area (TPSA) is 16.4 Å². The number of nitrogens with zero attached hydrogens (tertiary/aromatic N) is 1. The van der Waals surface area contributed by atoms with E-state index in [1.165, 1.54) is 68.0 Å². The van der Waals surface area contributed by atoms with Crippen molar-refractivity contribution < 1.29 is 4.42 Å². The highest BCUT2D eigenvalue weighted by molar-refractivity contribution is 7.26. The van der Waals surface area contributed by atoms with Crippen LogP contribution in [0.15, 0.2) is 217 Å². The van der Waals surface area contributed by atoms with E-state index in [-0.39, 0.29) is 0 Å². The number of hydrogen-bond donors (Lipinski definition) is 0. The van der Waals surface area contributed by atoms with E-state index in [1.54, 1.807) is 0 Å². The first-order valence-corrected chi connectivity index (χ1v) is 22.6. The van der Waals surface area contributed by atoms with Crippen molar-refractivity contribution >= 4 is 113 Å². The molecule has 62 heavy (non-hydrogen) atoms. The minimum Gasteiger partial charge on any atom is -0.455 e. The minimum absolute atomic E-state index is 0.901. The summed E-state index contributed by atoms with van der Waals surface area (Å²) in [4.78, 5) is 2.36. The zero-order valence-corrected chi connectivity index (χ0v) is 35.0. The lowest BCUT2D eigenvalue weighted by Gasteiger charge is -2.26. The van der Waals surface area contributed by atoms with Gasteiger partial charge in [0, 0.05) is 73.6 Å². The quantitative estimate of drug-likeness (QED) is 0.166. The van der Waals surface area contributed by atoms with Crippen molar-refractivity contribution in [2.75, 3.05) is 4.90 Å². The van der Waals surface area contributed by atoms with Crippen LogP contribution < -0.4 is 4.90 Å². The maximum Gasteiger partial charge on any atom is 0.143 e. The molecular weight excluding hydrogens is 791 g/mol. The molecule has 0 spiro atoms. The van der Waals surface area contributed by atoms with Crippen LogP contribution in [0.2, 0.25) is 0 Å². The number of furan rings is 1. The molecule has 0 N–H and O–H groups in total. The van der Waals surface area contributed by atoms with Gasteiger partial charge in [-0.1, -0.05) is 140 Å². The summed E-state index contributed by atoms with van der Waals surface area (Å²) >= 11 is 3.72. The van der Waals surface area contributed by atoms with Crippen molar-refractivity contribution in [3.63, 3.8) is 0 Å². The molecule has 4 heteroatoms. The van der Waals surface area contributed by atoms with Gasteiger partial charge in [0.05, 0.1) is 0 Å². The van der Waals surface area contributed by atoms with E-state index in [0.29, 0.717) is 0 Å². The largest absolute Gasteiger partial charge is 0.455 e. The van der Waals surface area contributed by atoms with Crippen LogP contribution in [0.25, 0.3) is 106 Å². The molecule has 0 amide bonds. The van der Waals surface area contributed by atoms with E-state index in [9.17, 15) is 0 Å². The second-order valence-electron chi connectivity index (χ2n) is 16.0. The van der Waals surface area contributed by atoms with Gasteiger partial charge in [-0.15, -0.1) is 22.7 Å². The van der Waals surface area contributed by atoms with Gasteiger partial charge in [0.15, 0.2) is 0 Å². The highest BCUT2D eigenvalue weighted by Crippen LogP contribution is 2.43. The summed E-state index contributed by atoms with van der Waals surface area (Å²) in [6, 6.07) is 77.4. The molecule has 13 rings (SSSR count). The lowest BCUT2D eigenvalue weighted by molar-refractivity contribution is 0.673. The summed E-state index contributed by atoms with van der Waals surface area (Å²) in [6.07, 6.45) is 0. The van der Waals surface area contributed by atoms with E-state index >= 15 is 0 Å². The number of anilines is 3. The Balaban J connectivity index is 0.891. The number of hydrogen-bond acceptors (Lipinski definition) is 4. The molecule has 3 heterocycles. The summed E-state index contributed by atoms with van der Waals surface area (Å²) in [6.45, 7) is 0. The van der Waals surface area contributed by atoms with Crippen LogP contribution in [0.4, 0.5) is 17.1 Å². The van der Waals surface area contributed by atoms with Crippen LogP contribution in [0, 0.1) is 0 Å². The van der Waals surface area contributed by atoms with E-state index in [1.807, 2.05) is 22.7 Å². The fourth-order valence-corrected chi connectivity index (χ4v) is 11.7. The predicted octanol–water partition coefficient (Wildman–Crippen LogP) is 17.9. The van der Waals surface area contributed by atoms with Gasteiger partial charge in [0.25, 0.3) is 0 Å². The Bertz CT molecular complexity index is 3700. The lowest BCUT2D eigenvalue weighted by atomic mass is 9.98. The van der Waals surface area contributed by atoms with Crippen LogP contribution in [0.1, 0.15) is 0 Å². The van der Waals surface area contributed by atoms with Crippen molar-refractivity contribution in [1.82, 2.24) is 0 Å². The fraction of sp³-hybridized carbons (Fsp3) is 0. The van der Waals surface area contributed by atoms with Crippen LogP contribution in [-0.4, -0.2) is 0 Å². The van der Waals surface area contributed by atoms with Gasteiger partial charge in [-0.25, -0.2) is 0 Å². The van der Waals surface area contributed by atoms with E-state index < -0.39 is 0 Å². The van der Waals surface area contributed by atoms with Crippen LogP contribution in [-0.2, 0) is 0 Å². The third-order valence-electron chi connectivity index (χ3n) is 12.5. The Kier molecular flexibility index (Phi) is 7.99. The number of fused-ring (bicyclic) bond motifs is 11. The Morgan fingerprint density at radius 2 is 0.790 bits per heavy atom. The van der Waals surface area contributed by atoms with Gasteiger partial charge in [0.1, 0.15) is 11.2 Å². The highest BCUT2D eigenvalue weighted by atomic mass is 32.1.